The van der Waals surface area contributed by atoms with Gasteiger partial charge in [0.15, 0.2) is 34.9 Å². The van der Waals surface area contributed by atoms with E-state index >= 15 is 8.78 Å². The minimum atomic E-state index is -4.88. The summed E-state index contributed by atoms with van der Waals surface area (Å²) in [6.07, 6.45) is 0.567. The normalized spacial score (nSPS) is 15.4. The van der Waals surface area contributed by atoms with E-state index in [9.17, 15) is 35.1 Å². The molecule has 0 spiro atoms. The van der Waals surface area contributed by atoms with Crippen LogP contribution in [0.25, 0.3) is 17.0 Å². The Morgan fingerprint density at radius 3 is 2.06 bits per heavy atom. The Kier molecular flexibility index (Phi) is 6.94. The summed E-state index contributed by atoms with van der Waals surface area (Å²) in [5, 5.41) is -1.23. The lowest BCUT2D eigenvalue weighted by atomic mass is 10.0. The quantitative estimate of drug-likeness (QED) is 0.129. The van der Waals surface area contributed by atoms with Crippen molar-refractivity contribution in [1.29, 1.82) is 0 Å². The van der Waals surface area contributed by atoms with Crippen LogP contribution in [0.15, 0.2) is 42.2 Å². The van der Waals surface area contributed by atoms with Gasteiger partial charge in [0.25, 0.3) is 0 Å². The molecule has 0 aromatic heterocycles. The number of allylic oxidation sites excluding steroid dienone is 1. The molecule has 3 aromatic carbocycles. The molecule has 36 heavy (non-hydrogen) atoms. The van der Waals surface area contributed by atoms with E-state index in [0.717, 1.165) is 6.07 Å². The summed E-state index contributed by atoms with van der Waals surface area (Å²) in [4.78, 5) is 0. The van der Waals surface area contributed by atoms with E-state index in [1.165, 1.54) is 24.3 Å². The van der Waals surface area contributed by atoms with Crippen molar-refractivity contribution >= 4 is 24.4 Å². The molecule has 0 amide bonds. The second-order valence-corrected chi connectivity index (χ2v) is 10.2. The van der Waals surface area contributed by atoms with Gasteiger partial charge in [0.1, 0.15) is 5.82 Å². The van der Waals surface area contributed by atoms with E-state index in [2.05, 4.69) is 0 Å². The molecule has 4 rings (SSSR count). The molecule has 11 heteroatoms. The lowest BCUT2D eigenvalue weighted by Gasteiger charge is -2.25. The molecule has 0 radical (unpaired) electrons. The fourth-order valence-electron chi connectivity index (χ4n) is 4.08. The topological polar surface area (TPSA) is 0 Å². The lowest BCUT2D eigenvalue weighted by Crippen LogP contribution is -2.28. The van der Waals surface area contributed by atoms with Crippen LogP contribution in [0.3, 0.4) is 0 Å². The molecule has 3 aromatic rings. The van der Waals surface area contributed by atoms with Gasteiger partial charge >= 0.3 is 5.92 Å². The van der Waals surface area contributed by atoms with Crippen molar-refractivity contribution in [3.05, 3.63) is 88.3 Å². The van der Waals surface area contributed by atoms with Crippen molar-refractivity contribution in [3.8, 4) is 11.1 Å². The zero-order valence-corrected chi connectivity index (χ0v) is 19.2. The van der Waals surface area contributed by atoms with Gasteiger partial charge in [0, 0.05) is 5.56 Å². The molecule has 0 fully saturated rings. The van der Waals surface area contributed by atoms with Gasteiger partial charge in [-0.3, -0.25) is 0 Å². The third kappa shape index (κ3) is 3.90. The fraction of sp³-hybridized carbons (Fsp3) is 0.200. The number of benzene rings is 3. The van der Waals surface area contributed by atoms with E-state index in [1.807, 2.05) is 0 Å². The molecule has 1 atom stereocenters. The maximum absolute atomic E-state index is 15.5. The molecule has 0 saturated carbocycles. The Bertz CT molecular complexity index is 1400. The standard InChI is InChI=1S/C25H15F10P/c1-2-3-10-36(14-7-5-4-6-11(14)12-8-9-13(26)18(28)17(12)27)23-21(31)16-15(19(29)22(23)32)20(30)24(33)25(16,34)35/h4-9H,2-3,10H2,1H3. The SMILES string of the molecule is CCCCP(c1ccccc1-c1ccc(F)c(F)c1F)c1c(F)c(F)c2c(c1F)C(F)(F)C(F)=C2F. The first-order valence-corrected chi connectivity index (χ1v) is 12.1. The summed E-state index contributed by atoms with van der Waals surface area (Å²) in [7, 11) is -2.43. The van der Waals surface area contributed by atoms with Crippen LogP contribution in [-0.4, -0.2) is 6.16 Å². The predicted octanol–water partition coefficient (Wildman–Crippen LogP) is 8.13. The smallest absolute Gasteiger partial charge is 0.206 e. The van der Waals surface area contributed by atoms with Crippen molar-refractivity contribution in [1.82, 2.24) is 0 Å². The van der Waals surface area contributed by atoms with Gasteiger partial charge in [-0.15, -0.1) is 0 Å². The molecule has 190 valence electrons. The molecule has 0 aliphatic heterocycles. The Balaban J connectivity index is 2.02. The highest BCUT2D eigenvalue weighted by Crippen LogP contribution is 2.53. The Morgan fingerprint density at radius 1 is 0.722 bits per heavy atom. The van der Waals surface area contributed by atoms with E-state index in [0.29, 0.717) is 12.5 Å². The first kappa shape index (κ1) is 26.2. The highest BCUT2D eigenvalue weighted by Gasteiger charge is 2.54. The number of alkyl halides is 2. The zero-order chi connectivity index (χ0) is 26.5. The third-order valence-corrected chi connectivity index (χ3v) is 8.49. The summed E-state index contributed by atoms with van der Waals surface area (Å²) >= 11 is 0. The van der Waals surface area contributed by atoms with E-state index in [-0.39, 0.29) is 23.5 Å². The molecular formula is C25H15F10P. The number of unbranched alkanes of at least 4 members (excludes halogenated alkanes) is 1. The Morgan fingerprint density at radius 2 is 1.39 bits per heavy atom. The van der Waals surface area contributed by atoms with Crippen molar-refractivity contribution < 1.29 is 43.9 Å². The second kappa shape index (κ2) is 9.54. The molecule has 0 heterocycles. The van der Waals surface area contributed by atoms with Gasteiger partial charge in [0.05, 0.1) is 16.4 Å². The zero-order valence-electron chi connectivity index (χ0n) is 18.3. The van der Waals surface area contributed by atoms with Gasteiger partial charge in [-0.2, -0.15) is 8.78 Å². The number of hydrogen-bond donors (Lipinski definition) is 0. The second-order valence-electron chi connectivity index (χ2n) is 7.99. The summed E-state index contributed by atoms with van der Waals surface area (Å²) in [5.74, 6) is -21.1. The molecule has 0 saturated heterocycles. The van der Waals surface area contributed by atoms with Crippen LogP contribution in [0.5, 0.6) is 0 Å². The van der Waals surface area contributed by atoms with Crippen LogP contribution < -0.4 is 10.6 Å². The van der Waals surface area contributed by atoms with E-state index in [4.69, 9.17) is 0 Å². The Hall–Kier alpha value is -2.87. The van der Waals surface area contributed by atoms with Gasteiger partial charge in [0.2, 0.25) is 5.83 Å². The number of halogens is 10. The van der Waals surface area contributed by atoms with Crippen LogP contribution in [0.4, 0.5) is 43.9 Å². The molecule has 0 nitrogen and oxygen atoms in total. The first-order valence-electron chi connectivity index (χ1n) is 10.6. The van der Waals surface area contributed by atoms with Crippen LogP contribution in [-0.2, 0) is 5.92 Å². The largest absolute Gasteiger partial charge is 0.330 e. The molecular weight excluding hydrogens is 521 g/mol. The number of fused-ring (bicyclic) bond motifs is 1. The van der Waals surface area contributed by atoms with Crippen LogP contribution in [0.1, 0.15) is 30.9 Å². The highest BCUT2D eigenvalue weighted by molar-refractivity contribution is 7.73. The Labute approximate surface area is 200 Å². The third-order valence-electron chi connectivity index (χ3n) is 5.82. The van der Waals surface area contributed by atoms with Crippen molar-refractivity contribution in [2.75, 3.05) is 6.16 Å². The predicted molar refractivity (Wildman–Crippen MR) is 117 cm³/mol. The van der Waals surface area contributed by atoms with Gasteiger partial charge in [-0.05, 0) is 43.5 Å². The minimum absolute atomic E-state index is 0.0572. The van der Waals surface area contributed by atoms with E-state index in [1.54, 1.807) is 6.92 Å². The summed E-state index contributed by atoms with van der Waals surface area (Å²) < 4.78 is 144. The fourth-order valence-corrected chi connectivity index (χ4v) is 6.86. The number of rotatable bonds is 6. The first-order chi connectivity index (χ1) is 16.9. The summed E-state index contributed by atoms with van der Waals surface area (Å²) in [5.41, 5.74) is -4.42. The average molecular weight is 536 g/mol. The lowest BCUT2D eigenvalue weighted by molar-refractivity contribution is 0.0146. The molecule has 1 unspecified atom stereocenters. The van der Waals surface area contributed by atoms with Crippen molar-refractivity contribution in [2.24, 2.45) is 0 Å². The summed E-state index contributed by atoms with van der Waals surface area (Å²) in [6, 6.07) is 6.75. The van der Waals surface area contributed by atoms with Crippen LogP contribution in [0, 0.1) is 34.9 Å². The number of hydrogen-bond acceptors (Lipinski definition) is 0. The summed E-state index contributed by atoms with van der Waals surface area (Å²) in [6.45, 7) is 1.70. The monoisotopic (exact) mass is 536 g/mol. The van der Waals surface area contributed by atoms with Crippen molar-refractivity contribution in [3.63, 3.8) is 0 Å². The van der Waals surface area contributed by atoms with E-state index < -0.39 is 82.4 Å². The molecule has 1 aliphatic carbocycles. The maximum atomic E-state index is 15.5. The molecule has 0 bridgehead atoms. The van der Waals surface area contributed by atoms with Crippen molar-refractivity contribution in [2.45, 2.75) is 25.7 Å². The van der Waals surface area contributed by atoms with Gasteiger partial charge < -0.3 is 0 Å². The maximum Gasteiger partial charge on any atom is 0.330 e. The average Bonchev–Trinajstić information content (AvgIpc) is 3.03. The highest BCUT2D eigenvalue weighted by atomic mass is 31.1. The van der Waals surface area contributed by atoms with Crippen LogP contribution >= 0.6 is 7.92 Å². The minimum Gasteiger partial charge on any atom is -0.206 e. The molecule has 0 N–H and O–H groups in total. The van der Waals surface area contributed by atoms with Crippen LogP contribution in [0.2, 0.25) is 0 Å². The van der Waals surface area contributed by atoms with Gasteiger partial charge in [-0.25, -0.2) is 35.1 Å². The molecule has 1 aliphatic rings. The van der Waals surface area contributed by atoms with Gasteiger partial charge in [-0.1, -0.05) is 37.6 Å².